The number of hydrogen-bond acceptors (Lipinski definition) is 3. The fourth-order valence-corrected chi connectivity index (χ4v) is 0.657. The van der Waals surface area contributed by atoms with Gasteiger partial charge in [-0.1, -0.05) is 0 Å². The van der Waals surface area contributed by atoms with Crippen LogP contribution in [0.2, 0.25) is 0 Å². The molecular formula is C6H15CaN3O3. The predicted octanol–water partition coefficient (Wildman–Crippen LogP) is -1.31. The molecule has 13 heavy (non-hydrogen) atoms. The van der Waals surface area contributed by atoms with Gasteiger partial charge in [0.25, 0.3) is 0 Å². The second-order valence-corrected chi connectivity index (χ2v) is 2.38. The van der Waals surface area contributed by atoms with Crippen LogP contribution in [0, 0.1) is 0 Å². The summed E-state index contributed by atoms with van der Waals surface area (Å²) in [5, 5.41) is 10.7. The summed E-state index contributed by atoms with van der Waals surface area (Å²) in [4.78, 5) is 20.3. The van der Waals surface area contributed by atoms with Gasteiger partial charge in [0, 0.05) is 6.54 Å². The molecule has 6 N–H and O–H groups in total. The maximum atomic E-state index is 10.2. The van der Waals surface area contributed by atoms with E-state index in [1.54, 1.807) is 0 Å². The molecular weight excluding hydrogens is 202 g/mol. The number of urea groups is 1. The van der Waals surface area contributed by atoms with Crippen molar-refractivity contribution < 1.29 is 17.5 Å². The van der Waals surface area contributed by atoms with E-state index in [-0.39, 0.29) is 40.6 Å². The van der Waals surface area contributed by atoms with E-state index in [0.29, 0.717) is 19.4 Å². The van der Waals surface area contributed by atoms with Crippen LogP contribution in [0.3, 0.4) is 0 Å². The van der Waals surface area contributed by atoms with E-state index in [0.717, 1.165) is 0 Å². The Kier molecular flexibility index (Phi) is 10.2. The molecule has 0 rings (SSSR count). The van der Waals surface area contributed by atoms with Crippen LogP contribution in [-0.2, 0) is 4.79 Å². The second-order valence-electron chi connectivity index (χ2n) is 2.38. The first-order valence-electron chi connectivity index (χ1n) is 3.55. The molecule has 0 spiro atoms. The van der Waals surface area contributed by atoms with Crippen LogP contribution in [0.15, 0.2) is 0 Å². The van der Waals surface area contributed by atoms with Gasteiger partial charge in [0.05, 0.1) is 0 Å². The van der Waals surface area contributed by atoms with Crippen molar-refractivity contribution in [3.63, 3.8) is 0 Å². The smallest absolute Gasteiger partial charge is 1.00 e. The van der Waals surface area contributed by atoms with Gasteiger partial charge in [-0.25, -0.2) is 4.79 Å². The Labute approximate surface area is 109 Å². The molecule has 74 valence electrons. The molecule has 0 heterocycles. The molecule has 0 bridgehead atoms. The summed E-state index contributed by atoms with van der Waals surface area (Å²) in [6.07, 6.45) is 0.839. The molecule has 0 aromatic heterocycles. The number of nitrogens with one attached hydrogen (secondary N) is 1. The van der Waals surface area contributed by atoms with E-state index in [1.165, 1.54) is 0 Å². The van der Waals surface area contributed by atoms with E-state index >= 15 is 0 Å². The number of carbonyl (C=O) groups is 2. The molecule has 0 radical (unpaired) electrons. The molecule has 0 aromatic rings. The maximum Gasteiger partial charge on any atom is 2.00 e. The summed E-state index contributed by atoms with van der Waals surface area (Å²) in [7, 11) is 0. The zero-order valence-corrected chi connectivity index (χ0v) is 9.53. The molecule has 0 fully saturated rings. The van der Waals surface area contributed by atoms with Crippen molar-refractivity contribution in [2.75, 3.05) is 6.54 Å². The van der Waals surface area contributed by atoms with Crippen LogP contribution in [0.5, 0.6) is 0 Å². The largest absolute Gasteiger partial charge is 2.00 e. The van der Waals surface area contributed by atoms with Gasteiger partial charge in [0.2, 0.25) is 0 Å². The topological polar surface area (TPSA) is 118 Å². The average Bonchev–Trinajstić information content (AvgIpc) is 1.97. The Hall–Kier alpha value is -0.0403. The fraction of sp³-hybridized carbons (Fsp3) is 0.667. The summed E-state index contributed by atoms with van der Waals surface area (Å²) in [5.41, 5.74) is 9.96. The summed E-state index contributed by atoms with van der Waals surface area (Å²) >= 11 is 0. The SMILES string of the molecule is NC(=O)NCCCC(N)C(=O)O.[Ca+2].[H-].[H-]. The van der Waals surface area contributed by atoms with Crippen molar-refractivity contribution in [2.45, 2.75) is 18.9 Å². The third kappa shape index (κ3) is 9.88. The van der Waals surface area contributed by atoms with E-state index in [4.69, 9.17) is 16.6 Å². The number of hydrogen-bond donors (Lipinski definition) is 4. The van der Waals surface area contributed by atoms with E-state index in [1.807, 2.05) is 0 Å². The van der Waals surface area contributed by atoms with Gasteiger partial charge in [-0.2, -0.15) is 0 Å². The molecule has 1 atom stereocenters. The first-order valence-corrected chi connectivity index (χ1v) is 3.55. The van der Waals surface area contributed by atoms with Gasteiger partial charge in [-0.05, 0) is 12.8 Å². The number of rotatable bonds is 5. The van der Waals surface area contributed by atoms with Gasteiger partial charge in [-0.15, -0.1) is 0 Å². The molecule has 0 aliphatic rings. The molecule has 0 aliphatic heterocycles. The Morgan fingerprint density at radius 2 is 2.08 bits per heavy atom. The minimum absolute atomic E-state index is 0. The molecule has 0 saturated heterocycles. The number of carboxylic acid groups (broad SMARTS) is 1. The Bertz CT molecular complexity index is 185. The van der Waals surface area contributed by atoms with Gasteiger partial charge in [0.1, 0.15) is 6.04 Å². The monoisotopic (exact) mass is 217 g/mol. The molecule has 2 amide bonds. The van der Waals surface area contributed by atoms with Crippen LogP contribution in [0.4, 0.5) is 4.79 Å². The molecule has 7 heteroatoms. The molecule has 1 unspecified atom stereocenters. The standard InChI is InChI=1S/C6H13N3O3.Ca.2H/c7-4(5(10)11)2-1-3-9-6(8)12;;;/h4H,1-3,7H2,(H,10,11)(H3,8,9,12);;;/q;+2;2*-1. The van der Waals surface area contributed by atoms with Crippen molar-refractivity contribution >= 4 is 49.7 Å². The number of carboxylic acids is 1. The second kappa shape index (κ2) is 8.55. The minimum atomic E-state index is -1.03. The number of aliphatic carboxylic acids is 1. The van der Waals surface area contributed by atoms with Gasteiger partial charge in [0.15, 0.2) is 0 Å². The van der Waals surface area contributed by atoms with E-state index in [9.17, 15) is 9.59 Å². The van der Waals surface area contributed by atoms with Crippen molar-refractivity contribution in [3.05, 3.63) is 0 Å². The normalized spacial score (nSPS) is 11.2. The Balaban J connectivity index is -0.000000202. The van der Waals surface area contributed by atoms with Crippen LogP contribution in [0.25, 0.3) is 0 Å². The van der Waals surface area contributed by atoms with Crippen molar-refractivity contribution in [1.29, 1.82) is 0 Å². The van der Waals surface area contributed by atoms with Gasteiger partial charge < -0.3 is 24.7 Å². The Morgan fingerprint density at radius 3 is 2.46 bits per heavy atom. The van der Waals surface area contributed by atoms with Crippen LogP contribution < -0.4 is 16.8 Å². The molecule has 0 saturated carbocycles. The summed E-state index contributed by atoms with van der Waals surface area (Å²) in [6, 6.07) is -1.47. The number of amides is 2. The molecule has 0 aliphatic carbocycles. The first-order chi connectivity index (χ1) is 5.54. The third-order valence-electron chi connectivity index (χ3n) is 1.31. The molecule has 6 nitrogen and oxygen atoms in total. The molecule has 0 aromatic carbocycles. The number of primary amides is 1. The predicted molar refractivity (Wildman–Crippen MR) is 50.4 cm³/mol. The van der Waals surface area contributed by atoms with Crippen molar-refractivity contribution in [1.82, 2.24) is 5.32 Å². The zero-order valence-electron chi connectivity index (χ0n) is 9.32. The van der Waals surface area contributed by atoms with Crippen LogP contribution in [-0.4, -0.2) is 67.4 Å². The van der Waals surface area contributed by atoms with E-state index in [2.05, 4.69) is 5.32 Å². The van der Waals surface area contributed by atoms with E-state index < -0.39 is 18.0 Å². The quantitative estimate of drug-likeness (QED) is 0.338. The summed E-state index contributed by atoms with van der Waals surface area (Å²) < 4.78 is 0. The average molecular weight is 217 g/mol. The summed E-state index contributed by atoms with van der Waals surface area (Å²) in [6.45, 7) is 0.357. The fourth-order valence-electron chi connectivity index (χ4n) is 0.657. The van der Waals surface area contributed by atoms with Crippen molar-refractivity contribution in [2.24, 2.45) is 11.5 Å². The van der Waals surface area contributed by atoms with Crippen LogP contribution in [0.1, 0.15) is 15.7 Å². The minimum Gasteiger partial charge on any atom is -1.00 e. The Morgan fingerprint density at radius 1 is 1.54 bits per heavy atom. The third-order valence-corrected chi connectivity index (χ3v) is 1.31. The van der Waals surface area contributed by atoms with Gasteiger partial charge in [-0.3, -0.25) is 4.79 Å². The van der Waals surface area contributed by atoms with Gasteiger partial charge >= 0.3 is 49.7 Å². The zero-order chi connectivity index (χ0) is 9.56. The first kappa shape index (κ1) is 15.4. The van der Waals surface area contributed by atoms with Crippen molar-refractivity contribution in [3.8, 4) is 0 Å². The van der Waals surface area contributed by atoms with Crippen LogP contribution >= 0.6 is 0 Å². The maximum absolute atomic E-state index is 10.2. The number of carbonyl (C=O) groups excluding carboxylic acids is 1. The number of nitrogens with two attached hydrogens (primary N) is 2. The summed E-state index contributed by atoms with van der Waals surface area (Å²) in [5.74, 6) is -1.03.